The lowest BCUT2D eigenvalue weighted by Gasteiger charge is -2.16. The fraction of sp³-hybridized carbons (Fsp3) is 0.200. The Labute approximate surface area is 145 Å². The summed E-state index contributed by atoms with van der Waals surface area (Å²) >= 11 is 0. The number of nitrogens with one attached hydrogen (secondary N) is 3. The second-order valence-electron chi connectivity index (χ2n) is 6.92. The first-order chi connectivity index (χ1) is 11.9. The van der Waals surface area contributed by atoms with Gasteiger partial charge in [-0.2, -0.15) is 0 Å². The average Bonchev–Trinajstić information content (AvgIpc) is 3.08. The van der Waals surface area contributed by atoms with Crippen molar-refractivity contribution < 1.29 is 9.59 Å². The highest BCUT2D eigenvalue weighted by atomic mass is 16.2. The molecule has 0 spiro atoms. The van der Waals surface area contributed by atoms with Crippen molar-refractivity contribution in [1.82, 2.24) is 4.98 Å². The van der Waals surface area contributed by atoms with Crippen molar-refractivity contribution >= 4 is 34.1 Å². The molecule has 0 unspecified atom stereocenters. The molecule has 1 aliphatic rings. The van der Waals surface area contributed by atoms with Crippen LogP contribution in [0.25, 0.3) is 10.9 Å². The van der Waals surface area contributed by atoms with Gasteiger partial charge in [0.2, 0.25) is 11.8 Å². The Morgan fingerprint density at radius 1 is 1.16 bits per heavy atom. The third kappa shape index (κ3) is 2.58. The molecule has 0 atom stereocenters. The lowest BCUT2D eigenvalue weighted by molar-refractivity contribution is -0.119. The highest BCUT2D eigenvalue weighted by Crippen LogP contribution is 2.38. The van der Waals surface area contributed by atoms with Crippen LogP contribution in [0.4, 0.5) is 11.4 Å². The topological polar surface area (TPSA) is 74.0 Å². The Morgan fingerprint density at radius 3 is 2.80 bits per heavy atom. The van der Waals surface area contributed by atoms with Crippen molar-refractivity contribution in [1.29, 1.82) is 0 Å². The summed E-state index contributed by atoms with van der Waals surface area (Å²) < 4.78 is 0. The van der Waals surface area contributed by atoms with Gasteiger partial charge >= 0.3 is 0 Å². The fourth-order valence-corrected chi connectivity index (χ4v) is 3.31. The summed E-state index contributed by atoms with van der Waals surface area (Å²) in [6.45, 7) is 3.76. The summed E-state index contributed by atoms with van der Waals surface area (Å²) in [6.07, 6.45) is 2.17. The number of para-hydroxylation sites is 1. The van der Waals surface area contributed by atoms with E-state index in [0.29, 0.717) is 12.1 Å². The highest BCUT2D eigenvalue weighted by molar-refractivity contribution is 6.06. The molecule has 1 aliphatic heterocycles. The molecule has 2 amide bonds. The van der Waals surface area contributed by atoms with E-state index in [9.17, 15) is 9.59 Å². The number of hydrogen-bond acceptors (Lipinski definition) is 2. The predicted octanol–water partition coefficient (Wildman–Crippen LogP) is 3.58. The van der Waals surface area contributed by atoms with Crippen LogP contribution < -0.4 is 10.6 Å². The van der Waals surface area contributed by atoms with E-state index in [1.54, 1.807) is 0 Å². The van der Waals surface area contributed by atoms with E-state index < -0.39 is 5.41 Å². The second-order valence-corrected chi connectivity index (χ2v) is 6.92. The van der Waals surface area contributed by atoms with Crippen LogP contribution in [0.2, 0.25) is 0 Å². The second kappa shape index (κ2) is 5.48. The Morgan fingerprint density at radius 2 is 1.96 bits per heavy atom. The van der Waals surface area contributed by atoms with Crippen LogP contribution in [-0.2, 0) is 21.4 Å². The number of H-pyrrole nitrogens is 1. The van der Waals surface area contributed by atoms with Crippen LogP contribution in [0.1, 0.15) is 25.0 Å². The fourth-order valence-electron chi connectivity index (χ4n) is 3.31. The van der Waals surface area contributed by atoms with Crippen molar-refractivity contribution in [3.63, 3.8) is 0 Å². The molecule has 5 nitrogen and oxygen atoms in total. The number of hydrogen-bond donors (Lipinski definition) is 3. The van der Waals surface area contributed by atoms with Crippen molar-refractivity contribution in [2.45, 2.75) is 25.7 Å². The van der Waals surface area contributed by atoms with Gasteiger partial charge in [0, 0.05) is 28.5 Å². The number of aromatic nitrogens is 1. The minimum Gasteiger partial charge on any atom is -0.361 e. The number of carbonyl (C=O) groups is 2. The van der Waals surface area contributed by atoms with Gasteiger partial charge in [-0.3, -0.25) is 9.59 Å². The first kappa shape index (κ1) is 15.4. The van der Waals surface area contributed by atoms with E-state index in [0.717, 1.165) is 27.7 Å². The summed E-state index contributed by atoms with van der Waals surface area (Å²) in [5.74, 6) is -0.107. The van der Waals surface area contributed by atoms with Crippen LogP contribution in [0.3, 0.4) is 0 Å². The average molecular weight is 333 g/mol. The van der Waals surface area contributed by atoms with Gasteiger partial charge in [-0.25, -0.2) is 0 Å². The Kier molecular flexibility index (Phi) is 3.39. The summed E-state index contributed by atoms with van der Waals surface area (Å²) in [5.41, 5.74) is 3.81. The quantitative estimate of drug-likeness (QED) is 0.685. The number of aromatic amines is 1. The van der Waals surface area contributed by atoms with Crippen LogP contribution >= 0.6 is 0 Å². The molecule has 0 bridgehead atoms. The van der Waals surface area contributed by atoms with Gasteiger partial charge in [-0.15, -0.1) is 0 Å². The van der Waals surface area contributed by atoms with E-state index in [-0.39, 0.29) is 11.8 Å². The van der Waals surface area contributed by atoms with E-state index in [1.165, 1.54) is 0 Å². The monoisotopic (exact) mass is 333 g/mol. The molecule has 0 radical (unpaired) electrons. The lowest BCUT2D eigenvalue weighted by Crippen LogP contribution is -2.27. The van der Waals surface area contributed by atoms with Crippen LogP contribution in [0.5, 0.6) is 0 Å². The molecule has 126 valence electrons. The van der Waals surface area contributed by atoms with E-state index in [4.69, 9.17) is 0 Å². The molecular weight excluding hydrogens is 314 g/mol. The molecule has 3 aromatic rings. The lowest BCUT2D eigenvalue weighted by atomic mass is 9.86. The van der Waals surface area contributed by atoms with Crippen molar-refractivity contribution in [3.8, 4) is 0 Å². The molecule has 0 aliphatic carbocycles. The number of amides is 2. The molecule has 0 fully saturated rings. The van der Waals surface area contributed by atoms with Gasteiger partial charge in [0.25, 0.3) is 0 Å². The van der Waals surface area contributed by atoms with Gasteiger partial charge in [0.05, 0.1) is 11.8 Å². The summed E-state index contributed by atoms with van der Waals surface area (Å²) in [6, 6.07) is 13.4. The molecule has 0 saturated heterocycles. The molecular formula is C20H19N3O2. The van der Waals surface area contributed by atoms with E-state index in [1.807, 2.05) is 62.5 Å². The maximum atomic E-state index is 12.4. The first-order valence-electron chi connectivity index (χ1n) is 8.26. The van der Waals surface area contributed by atoms with Crippen molar-refractivity contribution in [2.75, 3.05) is 10.6 Å². The first-order valence-corrected chi connectivity index (χ1v) is 8.26. The maximum Gasteiger partial charge on any atom is 0.234 e. The number of benzene rings is 2. The molecule has 4 rings (SSSR count). The smallest absolute Gasteiger partial charge is 0.234 e. The predicted molar refractivity (Wildman–Crippen MR) is 98.7 cm³/mol. The minimum absolute atomic E-state index is 0.0234. The SMILES string of the molecule is CC1(C)C(=O)Nc2ccc(NC(=O)Cc3c[nH]c4ccccc34)cc21. The molecule has 2 aromatic carbocycles. The third-order valence-electron chi connectivity index (χ3n) is 4.82. The summed E-state index contributed by atoms with van der Waals surface area (Å²) in [4.78, 5) is 27.6. The normalized spacial score (nSPS) is 15.0. The number of rotatable bonds is 3. The molecule has 0 saturated carbocycles. The van der Waals surface area contributed by atoms with Gasteiger partial charge < -0.3 is 15.6 Å². The Hall–Kier alpha value is -3.08. The standard InChI is InChI=1S/C20H19N3O2/c1-20(2)15-10-13(7-8-17(15)23-19(20)25)22-18(24)9-12-11-21-16-6-4-3-5-14(12)16/h3-8,10-11,21H,9H2,1-2H3,(H,22,24)(H,23,25). The maximum absolute atomic E-state index is 12.4. The van der Waals surface area contributed by atoms with Crippen LogP contribution in [-0.4, -0.2) is 16.8 Å². The minimum atomic E-state index is -0.590. The molecule has 25 heavy (non-hydrogen) atoms. The molecule has 3 N–H and O–H groups in total. The van der Waals surface area contributed by atoms with Gasteiger partial charge in [-0.1, -0.05) is 18.2 Å². The van der Waals surface area contributed by atoms with Crippen molar-refractivity contribution in [3.05, 3.63) is 59.8 Å². The zero-order valence-corrected chi connectivity index (χ0v) is 14.1. The zero-order valence-electron chi connectivity index (χ0n) is 14.1. The largest absolute Gasteiger partial charge is 0.361 e. The third-order valence-corrected chi connectivity index (χ3v) is 4.82. The highest BCUT2D eigenvalue weighted by Gasteiger charge is 2.38. The Bertz CT molecular complexity index is 1000. The zero-order chi connectivity index (χ0) is 17.6. The molecule has 1 aromatic heterocycles. The number of carbonyl (C=O) groups excluding carboxylic acids is 2. The van der Waals surface area contributed by atoms with E-state index >= 15 is 0 Å². The number of fused-ring (bicyclic) bond motifs is 2. The Balaban J connectivity index is 1.54. The van der Waals surface area contributed by atoms with E-state index in [2.05, 4.69) is 15.6 Å². The number of anilines is 2. The van der Waals surface area contributed by atoms with Gasteiger partial charge in [0.15, 0.2) is 0 Å². The summed E-state index contributed by atoms with van der Waals surface area (Å²) in [5, 5.41) is 6.86. The van der Waals surface area contributed by atoms with Crippen LogP contribution in [0.15, 0.2) is 48.7 Å². The molecule has 5 heteroatoms. The van der Waals surface area contributed by atoms with Gasteiger partial charge in [0.1, 0.15) is 0 Å². The van der Waals surface area contributed by atoms with Crippen molar-refractivity contribution in [2.24, 2.45) is 0 Å². The molecule has 2 heterocycles. The van der Waals surface area contributed by atoms with Gasteiger partial charge in [-0.05, 0) is 49.2 Å². The van der Waals surface area contributed by atoms with Crippen LogP contribution in [0, 0.1) is 0 Å². The summed E-state index contributed by atoms with van der Waals surface area (Å²) in [7, 11) is 0.